The lowest BCUT2D eigenvalue weighted by Gasteiger charge is -2.17. The Kier molecular flexibility index (Phi) is 8.55. The highest BCUT2D eigenvalue weighted by molar-refractivity contribution is 7.19. The van der Waals surface area contributed by atoms with Crippen LogP contribution in [0.3, 0.4) is 0 Å². The second kappa shape index (κ2) is 12.0. The molecule has 0 aliphatic heterocycles. The number of carbonyl (C=O) groups excluding carboxylic acids is 2. The number of hydrogen-bond acceptors (Lipinski definition) is 10. The van der Waals surface area contributed by atoms with Gasteiger partial charge in [0.2, 0.25) is 5.82 Å². The van der Waals surface area contributed by atoms with E-state index in [0.29, 0.717) is 18.4 Å². The van der Waals surface area contributed by atoms with Crippen LogP contribution in [0.4, 0.5) is 30.2 Å². The summed E-state index contributed by atoms with van der Waals surface area (Å²) in [7, 11) is 5.23. The van der Waals surface area contributed by atoms with Gasteiger partial charge in [0.05, 0.1) is 18.4 Å². The van der Waals surface area contributed by atoms with Crippen LogP contribution in [0.2, 0.25) is 0 Å². The number of hydrogen-bond donors (Lipinski definition) is 4. The molecule has 40 heavy (non-hydrogen) atoms. The van der Waals surface area contributed by atoms with Gasteiger partial charge >= 0.3 is 6.03 Å². The molecular formula is C25H26F2N8O4S. The summed E-state index contributed by atoms with van der Waals surface area (Å²) < 4.78 is 39.6. The summed E-state index contributed by atoms with van der Waals surface area (Å²) in [6.45, 7) is 2.49. The Morgan fingerprint density at radius 1 is 1.15 bits per heavy atom. The summed E-state index contributed by atoms with van der Waals surface area (Å²) >= 11 is 0.974. The largest absolute Gasteiger partial charge is 0.497 e. The van der Waals surface area contributed by atoms with Crippen molar-refractivity contribution in [3.63, 3.8) is 0 Å². The van der Waals surface area contributed by atoms with E-state index >= 15 is 0 Å². The lowest BCUT2D eigenvalue weighted by atomic mass is 10.1. The molecule has 2 heterocycles. The maximum atomic E-state index is 14.7. The van der Waals surface area contributed by atoms with Crippen LogP contribution in [-0.2, 0) is 0 Å². The normalized spacial score (nSPS) is 11.8. The third kappa shape index (κ3) is 6.68. The molecule has 0 bridgehead atoms. The van der Waals surface area contributed by atoms with E-state index in [1.54, 1.807) is 12.1 Å². The SMILES string of the molecule is COc1cccc(C(=O)Nc2cc(-c3noc(-c4sc(NC(=O)NC(C)CN(C)C)nc4N)n3)c(F)cc2F)c1. The monoisotopic (exact) mass is 572 g/mol. The number of nitrogens with zero attached hydrogens (tertiary/aromatic N) is 4. The highest BCUT2D eigenvalue weighted by atomic mass is 32.1. The molecule has 4 rings (SSSR count). The van der Waals surface area contributed by atoms with Crippen molar-refractivity contribution in [2.24, 2.45) is 0 Å². The van der Waals surface area contributed by atoms with E-state index in [9.17, 15) is 18.4 Å². The highest BCUT2D eigenvalue weighted by Gasteiger charge is 2.22. The second-order valence-corrected chi connectivity index (χ2v) is 9.92. The second-order valence-electron chi connectivity index (χ2n) is 8.92. The fourth-order valence-corrected chi connectivity index (χ4v) is 4.49. The summed E-state index contributed by atoms with van der Waals surface area (Å²) in [6.07, 6.45) is 0. The molecular weight excluding hydrogens is 546 g/mol. The quantitative estimate of drug-likeness (QED) is 0.232. The smallest absolute Gasteiger partial charge is 0.321 e. The minimum Gasteiger partial charge on any atom is -0.497 e. The van der Waals surface area contributed by atoms with E-state index in [-0.39, 0.29) is 50.4 Å². The number of thiazole rings is 1. The van der Waals surface area contributed by atoms with Crippen molar-refractivity contribution in [3.05, 3.63) is 53.6 Å². The van der Waals surface area contributed by atoms with Gasteiger partial charge in [0.1, 0.15) is 28.1 Å². The standard InChI is InChI=1S/C25H26F2N8O4S/c1-12(11-35(2)3)29-24(37)33-25-31-20(28)19(40-25)23-32-21(34-39-23)15-9-18(17(27)10-16(15)26)30-22(36)13-6-5-7-14(8-13)38-4/h5-10,12H,11,28H2,1-4H3,(H,30,36)(H2,29,31,33,37). The zero-order valence-electron chi connectivity index (χ0n) is 21.9. The average Bonchev–Trinajstić information content (AvgIpc) is 3.51. The van der Waals surface area contributed by atoms with Crippen molar-refractivity contribution < 1.29 is 27.6 Å². The molecule has 2 aromatic heterocycles. The summed E-state index contributed by atoms with van der Waals surface area (Å²) in [5.41, 5.74) is 5.66. The molecule has 0 aliphatic carbocycles. The molecule has 12 nitrogen and oxygen atoms in total. The van der Waals surface area contributed by atoms with Gasteiger partial charge in [-0.1, -0.05) is 22.6 Å². The molecule has 210 valence electrons. The van der Waals surface area contributed by atoms with E-state index in [1.165, 1.54) is 19.2 Å². The topological polar surface area (TPSA) is 161 Å². The van der Waals surface area contributed by atoms with Gasteiger partial charge in [-0.25, -0.2) is 18.6 Å². The minimum absolute atomic E-state index is 0.00246. The number of rotatable bonds is 9. The number of methoxy groups -OCH3 is 1. The summed E-state index contributed by atoms with van der Waals surface area (Å²) in [5.74, 6) is -2.49. The van der Waals surface area contributed by atoms with Crippen molar-refractivity contribution in [2.75, 3.05) is 44.1 Å². The molecule has 2 aromatic carbocycles. The number of amides is 3. The van der Waals surface area contributed by atoms with Crippen molar-refractivity contribution in [3.8, 4) is 27.9 Å². The van der Waals surface area contributed by atoms with Crippen LogP contribution >= 0.6 is 11.3 Å². The minimum atomic E-state index is -0.998. The Labute approximate surface area is 231 Å². The van der Waals surface area contributed by atoms with Crippen LogP contribution < -0.4 is 26.4 Å². The molecule has 0 aliphatic rings. The van der Waals surface area contributed by atoms with Crippen LogP contribution in [0.25, 0.3) is 22.2 Å². The van der Waals surface area contributed by atoms with Gasteiger partial charge in [-0.3, -0.25) is 10.1 Å². The maximum absolute atomic E-state index is 14.7. The van der Waals surface area contributed by atoms with Gasteiger partial charge < -0.3 is 30.5 Å². The number of nitrogen functional groups attached to an aromatic ring is 1. The Morgan fingerprint density at radius 2 is 1.93 bits per heavy atom. The highest BCUT2D eigenvalue weighted by Crippen LogP contribution is 2.35. The first-order valence-electron chi connectivity index (χ1n) is 11.8. The first-order valence-corrected chi connectivity index (χ1v) is 12.6. The van der Waals surface area contributed by atoms with Gasteiger partial charge in [-0.2, -0.15) is 4.98 Å². The maximum Gasteiger partial charge on any atom is 0.321 e. The third-order valence-electron chi connectivity index (χ3n) is 5.39. The molecule has 0 saturated heterocycles. The van der Waals surface area contributed by atoms with E-state index in [2.05, 4.69) is 31.1 Å². The number of carbonyl (C=O) groups is 2. The zero-order chi connectivity index (χ0) is 29.0. The number of benzene rings is 2. The number of halogens is 2. The number of ether oxygens (including phenoxy) is 1. The molecule has 0 fully saturated rings. The first-order chi connectivity index (χ1) is 19.0. The van der Waals surface area contributed by atoms with Crippen molar-refractivity contribution in [1.29, 1.82) is 0 Å². The predicted molar refractivity (Wildman–Crippen MR) is 146 cm³/mol. The molecule has 3 amide bonds. The van der Waals surface area contributed by atoms with Crippen molar-refractivity contribution >= 4 is 39.9 Å². The summed E-state index contributed by atoms with van der Waals surface area (Å²) in [4.78, 5) is 35.4. The number of nitrogens with two attached hydrogens (primary N) is 1. The van der Waals surface area contributed by atoms with E-state index in [4.69, 9.17) is 15.0 Å². The number of aromatic nitrogens is 3. The first kappa shape index (κ1) is 28.4. The number of urea groups is 1. The molecule has 0 saturated carbocycles. The molecule has 4 aromatic rings. The lowest BCUT2D eigenvalue weighted by Crippen LogP contribution is -2.41. The van der Waals surface area contributed by atoms with Crippen LogP contribution in [-0.4, -0.2) is 65.8 Å². The zero-order valence-corrected chi connectivity index (χ0v) is 22.7. The Bertz CT molecular complexity index is 1540. The Hall–Kier alpha value is -4.63. The molecule has 0 spiro atoms. The van der Waals surface area contributed by atoms with E-state index < -0.39 is 23.6 Å². The van der Waals surface area contributed by atoms with Crippen molar-refractivity contribution in [2.45, 2.75) is 13.0 Å². The van der Waals surface area contributed by atoms with E-state index in [0.717, 1.165) is 17.4 Å². The summed E-state index contributed by atoms with van der Waals surface area (Å²) in [6, 6.07) is 7.30. The van der Waals surface area contributed by atoms with Crippen LogP contribution in [0.5, 0.6) is 5.75 Å². The molecule has 1 atom stereocenters. The molecule has 0 radical (unpaired) electrons. The molecule has 1 unspecified atom stereocenters. The fourth-order valence-electron chi connectivity index (χ4n) is 3.69. The van der Waals surface area contributed by atoms with Gasteiger partial charge in [0.15, 0.2) is 5.13 Å². The predicted octanol–water partition coefficient (Wildman–Crippen LogP) is 4.05. The van der Waals surface area contributed by atoms with Gasteiger partial charge in [0, 0.05) is 24.2 Å². The van der Waals surface area contributed by atoms with Crippen LogP contribution in [0.15, 0.2) is 40.9 Å². The number of likely N-dealkylation sites (N-methyl/N-ethyl adjacent to an activating group) is 1. The fraction of sp³-hybridized carbons (Fsp3) is 0.240. The lowest BCUT2D eigenvalue weighted by molar-refractivity contribution is 0.102. The van der Waals surface area contributed by atoms with Gasteiger partial charge in [-0.15, -0.1) is 0 Å². The van der Waals surface area contributed by atoms with Crippen LogP contribution in [0.1, 0.15) is 17.3 Å². The Balaban J connectivity index is 1.52. The molecule has 5 N–H and O–H groups in total. The van der Waals surface area contributed by atoms with Gasteiger partial charge in [0.25, 0.3) is 11.8 Å². The number of anilines is 3. The average molecular weight is 573 g/mol. The Morgan fingerprint density at radius 3 is 2.65 bits per heavy atom. The third-order valence-corrected chi connectivity index (χ3v) is 6.36. The van der Waals surface area contributed by atoms with Gasteiger partial charge in [-0.05, 0) is 45.3 Å². The number of nitrogens with one attached hydrogen (secondary N) is 3. The summed E-state index contributed by atoms with van der Waals surface area (Å²) in [5, 5.41) is 11.7. The van der Waals surface area contributed by atoms with Crippen molar-refractivity contribution in [1.82, 2.24) is 25.3 Å². The van der Waals surface area contributed by atoms with Crippen LogP contribution in [0, 0.1) is 11.6 Å². The van der Waals surface area contributed by atoms with E-state index in [1.807, 2.05) is 25.9 Å². The molecule has 15 heteroatoms.